The van der Waals surface area contributed by atoms with E-state index >= 15 is 0 Å². The van der Waals surface area contributed by atoms with Gasteiger partial charge in [0.05, 0.1) is 11.7 Å². The van der Waals surface area contributed by atoms with Crippen LogP contribution in [0.25, 0.3) is 5.65 Å². The molecule has 0 radical (unpaired) electrons. The van der Waals surface area contributed by atoms with E-state index in [0.29, 0.717) is 41.9 Å². The van der Waals surface area contributed by atoms with Crippen LogP contribution in [-0.2, 0) is 6.42 Å². The third kappa shape index (κ3) is 6.15. The molecule has 0 spiro atoms. The normalized spacial score (nSPS) is 12.0. The van der Waals surface area contributed by atoms with E-state index in [0.717, 1.165) is 30.5 Å². The highest BCUT2D eigenvalue weighted by molar-refractivity contribution is 5.94. The Bertz CT molecular complexity index is 1380. The van der Waals surface area contributed by atoms with Crippen molar-refractivity contribution in [3.63, 3.8) is 0 Å². The predicted molar refractivity (Wildman–Crippen MR) is 149 cm³/mol. The molecule has 0 saturated heterocycles. The Kier molecular flexibility index (Phi) is 8.86. The highest BCUT2D eigenvalue weighted by Crippen LogP contribution is 2.28. The second kappa shape index (κ2) is 12.5. The van der Waals surface area contributed by atoms with Crippen LogP contribution in [0.15, 0.2) is 83.8 Å². The van der Waals surface area contributed by atoms with Crippen LogP contribution in [0.5, 0.6) is 0 Å². The molecule has 6 heteroatoms. The largest absolute Gasteiger partial charge is 0.330 e. The van der Waals surface area contributed by atoms with Crippen LogP contribution < -0.4 is 10.9 Å². The molecule has 0 aliphatic carbocycles. The molecular weight excluding hydrogens is 460 g/mol. The zero-order valence-electron chi connectivity index (χ0n) is 22.0. The number of fused-ring (bicyclic) bond motifs is 1. The van der Waals surface area contributed by atoms with E-state index in [-0.39, 0.29) is 17.5 Å². The maximum absolute atomic E-state index is 13.9. The summed E-state index contributed by atoms with van der Waals surface area (Å²) in [5, 5.41) is 3.19. The molecular formula is C31H36N4O2. The van der Waals surface area contributed by atoms with Crippen LogP contribution >= 0.6 is 0 Å². The first-order valence-corrected chi connectivity index (χ1v) is 13.1. The highest BCUT2D eigenvalue weighted by atomic mass is 16.2. The van der Waals surface area contributed by atoms with E-state index in [1.807, 2.05) is 91.7 Å². The number of carbonyl (C=O) groups is 1. The predicted octanol–water partition coefficient (Wildman–Crippen LogP) is 5.19. The Morgan fingerprint density at radius 2 is 1.73 bits per heavy atom. The lowest BCUT2D eigenvalue weighted by Gasteiger charge is -2.32. The first kappa shape index (κ1) is 26.3. The van der Waals surface area contributed by atoms with Gasteiger partial charge in [-0.2, -0.15) is 0 Å². The SMILES string of the molecule is CCC(c1nc2ccccn2c(=O)c1Cc1ccccc1)N(CCCCNC)C(=O)c1ccc(C)cc1. The first-order chi connectivity index (χ1) is 18.0. The average molecular weight is 497 g/mol. The van der Waals surface area contributed by atoms with Crippen molar-refractivity contribution in [3.8, 4) is 0 Å². The summed E-state index contributed by atoms with van der Waals surface area (Å²) in [6, 6.07) is 22.9. The molecule has 0 bridgehead atoms. The van der Waals surface area contributed by atoms with E-state index in [1.165, 1.54) is 0 Å². The van der Waals surface area contributed by atoms with Gasteiger partial charge in [0, 0.05) is 30.3 Å². The summed E-state index contributed by atoms with van der Waals surface area (Å²) in [4.78, 5) is 34.6. The number of hydrogen-bond donors (Lipinski definition) is 1. The molecule has 2 aromatic carbocycles. The molecule has 1 N–H and O–H groups in total. The first-order valence-electron chi connectivity index (χ1n) is 13.1. The van der Waals surface area contributed by atoms with Crippen molar-refractivity contribution in [1.29, 1.82) is 0 Å². The molecule has 1 unspecified atom stereocenters. The number of pyridine rings is 1. The second-order valence-corrected chi connectivity index (χ2v) is 9.47. The zero-order valence-corrected chi connectivity index (χ0v) is 22.0. The van der Waals surface area contributed by atoms with Gasteiger partial charge >= 0.3 is 0 Å². The summed E-state index contributed by atoms with van der Waals surface area (Å²) in [5.41, 5.74) is 4.64. The van der Waals surface area contributed by atoms with Crippen molar-refractivity contribution in [2.24, 2.45) is 0 Å². The zero-order chi connectivity index (χ0) is 26.2. The third-order valence-electron chi connectivity index (χ3n) is 6.80. The fourth-order valence-corrected chi connectivity index (χ4v) is 4.79. The molecule has 0 aliphatic rings. The average Bonchev–Trinajstić information content (AvgIpc) is 2.93. The van der Waals surface area contributed by atoms with E-state index in [4.69, 9.17) is 4.98 Å². The van der Waals surface area contributed by atoms with Crippen molar-refractivity contribution < 1.29 is 4.79 Å². The van der Waals surface area contributed by atoms with Crippen LogP contribution in [0.3, 0.4) is 0 Å². The molecule has 4 rings (SSSR count). The molecule has 6 nitrogen and oxygen atoms in total. The minimum absolute atomic E-state index is 0.0305. The molecule has 1 amide bonds. The number of aryl methyl sites for hydroxylation is 1. The van der Waals surface area contributed by atoms with Gasteiger partial charge in [-0.15, -0.1) is 0 Å². The van der Waals surface area contributed by atoms with E-state index in [9.17, 15) is 9.59 Å². The maximum atomic E-state index is 13.9. The summed E-state index contributed by atoms with van der Waals surface area (Å²) in [5.74, 6) is -0.0305. The Morgan fingerprint density at radius 1 is 1.00 bits per heavy atom. The lowest BCUT2D eigenvalue weighted by Crippen LogP contribution is -2.38. The Morgan fingerprint density at radius 3 is 2.43 bits per heavy atom. The number of amides is 1. The Balaban J connectivity index is 1.83. The van der Waals surface area contributed by atoms with Gasteiger partial charge < -0.3 is 10.2 Å². The maximum Gasteiger partial charge on any atom is 0.261 e. The van der Waals surface area contributed by atoms with Crippen LogP contribution in [0.1, 0.15) is 65.0 Å². The number of nitrogens with zero attached hydrogens (tertiary/aromatic N) is 3. The van der Waals surface area contributed by atoms with Gasteiger partial charge in [0.2, 0.25) is 0 Å². The molecule has 1 atom stereocenters. The molecule has 4 aromatic rings. The third-order valence-corrected chi connectivity index (χ3v) is 6.80. The topological polar surface area (TPSA) is 66.7 Å². The number of rotatable bonds is 11. The second-order valence-electron chi connectivity index (χ2n) is 9.47. The quantitative estimate of drug-likeness (QED) is 0.290. The smallest absolute Gasteiger partial charge is 0.261 e. The minimum atomic E-state index is -0.319. The number of unbranched alkanes of at least 4 members (excludes halogenated alkanes) is 1. The van der Waals surface area contributed by atoms with Gasteiger partial charge in [0.1, 0.15) is 5.65 Å². The van der Waals surface area contributed by atoms with Crippen LogP contribution in [0.2, 0.25) is 0 Å². The number of benzene rings is 2. The fourth-order valence-electron chi connectivity index (χ4n) is 4.79. The molecule has 2 heterocycles. The Labute approximate surface area is 219 Å². The van der Waals surface area contributed by atoms with Gasteiger partial charge in [-0.05, 0) is 69.6 Å². The molecule has 192 valence electrons. The number of hydrogen-bond acceptors (Lipinski definition) is 4. The molecule has 0 fully saturated rings. The van der Waals surface area contributed by atoms with E-state index in [2.05, 4.69) is 12.2 Å². The summed E-state index contributed by atoms with van der Waals surface area (Å²) in [6.45, 7) is 5.56. The minimum Gasteiger partial charge on any atom is -0.330 e. The van der Waals surface area contributed by atoms with E-state index < -0.39 is 0 Å². The lowest BCUT2D eigenvalue weighted by molar-refractivity contribution is 0.0661. The van der Waals surface area contributed by atoms with E-state index in [1.54, 1.807) is 10.6 Å². The summed E-state index contributed by atoms with van der Waals surface area (Å²) >= 11 is 0. The Hall–Kier alpha value is -3.77. The summed E-state index contributed by atoms with van der Waals surface area (Å²) < 4.78 is 1.60. The van der Waals surface area contributed by atoms with Crippen LogP contribution in [-0.4, -0.2) is 40.3 Å². The standard InChI is InChI=1S/C31H36N4O2/c1-4-27(34(20-11-9-19-32-3)30(36)25-17-15-23(2)16-18-25)29-26(22-24-12-6-5-7-13-24)31(37)35-21-10-8-14-28(35)33-29/h5-8,10,12-18,21,27,32H,4,9,11,19-20,22H2,1-3H3. The van der Waals surface area contributed by atoms with Gasteiger partial charge in [0.15, 0.2) is 0 Å². The van der Waals surface area contributed by atoms with Crippen molar-refractivity contribution in [1.82, 2.24) is 19.6 Å². The van der Waals surface area contributed by atoms with Crippen LogP contribution in [0, 0.1) is 6.92 Å². The number of nitrogens with one attached hydrogen (secondary N) is 1. The van der Waals surface area contributed by atoms with Crippen LogP contribution in [0.4, 0.5) is 0 Å². The monoisotopic (exact) mass is 496 g/mol. The number of aromatic nitrogens is 2. The van der Waals surface area contributed by atoms with Crippen molar-refractivity contribution in [2.75, 3.05) is 20.1 Å². The van der Waals surface area contributed by atoms with Crippen molar-refractivity contribution in [3.05, 3.63) is 117 Å². The fraction of sp³-hybridized carbons (Fsp3) is 0.323. The van der Waals surface area contributed by atoms with Gasteiger partial charge in [-0.1, -0.05) is 61.0 Å². The molecule has 0 aliphatic heterocycles. The highest BCUT2D eigenvalue weighted by Gasteiger charge is 2.29. The van der Waals surface area contributed by atoms with Crippen molar-refractivity contribution in [2.45, 2.75) is 45.6 Å². The van der Waals surface area contributed by atoms with Gasteiger partial charge in [-0.25, -0.2) is 4.98 Å². The lowest BCUT2D eigenvalue weighted by atomic mass is 9.97. The van der Waals surface area contributed by atoms with Crippen molar-refractivity contribution >= 4 is 11.6 Å². The summed E-state index contributed by atoms with van der Waals surface area (Å²) in [6.07, 6.45) is 4.69. The molecule has 37 heavy (non-hydrogen) atoms. The van der Waals surface area contributed by atoms with Gasteiger partial charge in [0.25, 0.3) is 11.5 Å². The number of carbonyl (C=O) groups excluding carboxylic acids is 1. The van der Waals surface area contributed by atoms with Gasteiger partial charge in [-0.3, -0.25) is 14.0 Å². The molecule has 0 saturated carbocycles. The molecule has 2 aromatic heterocycles. The summed E-state index contributed by atoms with van der Waals surface area (Å²) in [7, 11) is 1.94.